The zero-order valence-corrected chi connectivity index (χ0v) is 12.0. The van der Waals surface area contributed by atoms with Gasteiger partial charge in [-0.25, -0.2) is 4.39 Å². The number of halogens is 1. The van der Waals surface area contributed by atoms with Gasteiger partial charge in [-0.05, 0) is 37.1 Å². The van der Waals surface area contributed by atoms with Crippen molar-refractivity contribution >= 4 is 11.0 Å². The van der Waals surface area contributed by atoms with Gasteiger partial charge in [0.05, 0.1) is 17.1 Å². The second-order valence-corrected chi connectivity index (χ2v) is 5.23. The van der Waals surface area contributed by atoms with Crippen molar-refractivity contribution in [1.29, 1.82) is 0 Å². The van der Waals surface area contributed by atoms with Crippen LogP contribution in [-0.4, -0.2) is 9.97 Å². The third kappa shape index (κ3) is 2.38. The molecule has 1 atom stereocenters. The topological polar surface area (TPSA) is 51.8 Å². The molecule has 2 N–H and O–H groups in total. The number of hydrogen-bond acceptors (Lipinski definition) is 3. The largest absolute Gasteiger partial charge is 0.320 e. The molecular formula is C17H16FN3. The van der Waals surface area contributed by atoms with Crippen LogP contribution >= 0.6 is 0 Å². The fourth-order valence-electron chi connectivity index (χ4n) is 2.74. The van der Waals surface area contributed by atoms with E-state index in [0.717, 1.165) is 22.2 Å². The number of aromatic nitrogens is 2. The van der Waals surface area contributed by atoms with Crippen molar-refractivity contribution in [1.82, 2.24) is 9.97 Å². The average molecular weight is 281 g/mol. The SMILES string of the molecule is Cc1cc(C)c(C(N)c2cccc3nccnc23)c(F)c1. The van der Waals surface area contributed by atoms with Crippen molar-refractivity contribution in [2.45, 2.75) is 19.9 Å². The molecular weight excluding hydrogens is 265 g/mol. The van der Waals surface area contributed by atoms with Gasteiger partial charge in [0, 0.05) is 23.5 Å². The molecule has 0 saturated heterocycles. The zero-order valence-electron chi connectivity index (χ0n) is 12.0. The first-order valence-corrected chi connectivity index (χ1v) is 6.80. The van der Waals surface area contributed by atoms with Crippen LogP contribution in [-0.2, 0) is 0 Å². The Morgan fingerprint density at radius 3 is 2.62 bits per heavy atom. The summed E-state index contributed by atoms with van der Waals surface area (Å²) in [5.74, 6) is -0.277. The Bertz CT molecular complexity index is 786. The molecule has 4 heteroatoms. The average Bonchev–Trinajstić information content (AvgIpc) is 2.45. The first-order chi connectivity index (χ1) is 10.1. The van der Waals surface area contributed by atoms with E-state index < -0.39 is 6.04 Å². The molecule has 1 heterocycles. The lowest BCUT2D eigenvalue weighted by Gasteiger charge is -2.18. The highest BCUT2D eigenvalue weighted by Crippen LogP contribution is 2.29. The van der Waals surface area contributed by atoms with E-state index in [1.165, 1.54) is 6.07 Å². The number of fused-ring (bicyclic) bond motifs is 1. The molecule has 0 aliphatic carbocycles. The predicted octanol–water partition coefficient (Wildman–Crippen LogP) is 3.43. The normalized spacial score (nSPS) is 12.6. The monoisotopic (exact) mass is 281 g/mol. The summed E-state index contributed by atoms with van der Waals surface area (Å²) in [5, 5.41) is 0. The van der Waals surface area contributed by atoms with E-state index in [0.29, 0.717) is 11.1 Å². The van der Waals surface area contributed by atoms with Gasteiger partial charge < -0.3 is 5.73 Å². The number of nitrogens with zero attached hydrogens (tertiary/aromatic N) is 2. The minimum absolute atomic E-state index is 0.277. The van der Waals surface area contributed by atoms with E-state index in [1.54, 1.807) is 12.4 Å². The maximum atomic E-state index is 14.3. The number of aryl methyl sites for hydroxylation is 2. The van der Waals surface area contributed by atoms with E-state index in [2.05, 4.69) is 9.97 Å². The van der Waals surface area contributed by atoms with Crippen molar-refractivity contribution in [3.05, 3.63) is 70.8 Å². The van der Waals surface area contributed by atoms with Gasteiger partial charge in [0.15, 0.2) is 0 Å². The number of para-hydroxylation sites is 1. The van der Waals surface area contributed by atoms with Gasteiger partial charge in [-0.2, -0.15) is 0 Å². The molecule has 2 aromatic carbocycles. The van der Waals surface area contributed by atoms with Crippen molar-refractivity contribution in [2.75, 3.05) is 0 Å². The smallest absolute Gasteiger partial charge is 0.128 e. The summed E-state index contributed by atoms with van der Waals surface area (Å²) in [7, 11) is 0. The Morgan fingerprint density at radius 2 is 1.86 bits per heavy atom. The summed E-state index contributed by atoms with van der Waals surface area (Å²) in [6.45, 7) is 3.75. The molecule has 21 heavy (non-hydrogen) atoms. The molecule has 1 aromatic heterocycles. The Kier molecular flexibility index (Phi) is 3.39. The molecule has 0 radical (unpaired) electrons. The van der Waals surface area contributed by atoms with Crippen molar-refractivity contribution in [3.8, 4) is 0 Å². The second kappa shape index (κ2) is 5.22. The Labute approximate surface area is 122 Å². The molecule has 0 amide bonds. The van der Waals surface area contributed by atoms with E-state index in [9.17, 15) is 4.39 Å². The first kappa shape index (κ1) is 13.6. The van der Waals surface area contributed by atoms with Crippen molar-refractivity contribution in [3.63, 3.8) is 0 Å². The van der Waals surface area contributed by atoms with Gasteiger partial charge in [0.2, 0.25) is 0 Å². The second-order valence-electron chi connectivity index (χ2n) is 5.23. The molecule has 0 saturated carbocycles. The zero-order chi connectivity index (χ0) is 15.0. The summed E-state index contributed by atoms with van der Waals surface area (Å²) < 4.78 is 14.3. The molecule has 0 aliphatic rings. The standard InChI is InChI=1S/C17H16FN3/c1-10-8-11(2)15(13(18)9-10)16(19)12-4-3-5-14-17(12)21-7-6-20-14/h3-9,16H,19H2,1-2H3. The van der Waals surface area contributed by atoms with Crippen molar-refractivity contribution in [2.24, 2.45) is 5.73 Å². The van der Waals surface area contributed by atoms with Crippen LogP contribution < -0.4 is 5.73 Å². The summed E-state index contributed by atoms with van der Waals surface area (Å²) in [6.07, 6.45) is 3.26. The first-order valence-electron chi connectivity index (χ1n) is 6.80. The molecule has 106 valence electrons. The maximum Gasteiger partial charge on any atom is 0.128 e. The van der Waals surface area contributed by atoms with Crippen LogP contribution in [0, 0.1) is 19.7 Å². The number of hydrogen-bond donors (Lipinski definition) is 1. The van der Waals surface area contributed by atoms with E-state index in [-0.39, 0.29) is 5.82 Å². The lowest BCUT2D eigenvalue weighted by atomic mass is 9.93. The van der Waals surface area contributed by atoms with Crippen LogP contribution in [0.3, 0.4) is 0 Å². The lowest BCUT2D eigenvalue weighted by Crippen LogP contribution is -2.16. The molecule has 0 aliphatic heterocycles. The van der Waals surface area contributed by atoms with Crippen LogP contribution in [0.1, 0.15) is 28.3 Å². The molecule has 0 spiro atoms. The summed E-state index contributed by atoms with van der Waals surface area (Å²) in [4.78, 5) is 8.60. The minimum atomic E-state index is -0.564. The Hall–Kier alpha value is -2.33. The minimum Gasteiger partial charge on any atom is -0.320 e. The van der Waals surface area contributed by atoms with Gasteiger partial charge in [0.1, 0.15) is 5.82 Å². The Balaban J connectivity index is 2.20. The highest BCUT2D eigenvalue weighted by molar-refractivity contribution is 5.78. The predicted molar refractivity (Wildman–Crippen MR) is 81.4 cm³/mol. The third-order valence-corrected chi connectivity index (χ3v) is 3.66. The number of benzene rings is 2. The molecule has 1 unspecified atom stereocenters. The number of nitrogens with two attached hydrogens (primary N) is 1. The van der Waals surface area contributed by atoms with Crippen LogP contribution in [0.5, 0.6) is 0 Å². The van der Waals surface area contributed by atoms with Crippen molar-refractivity contribution < 1.29 is 4.39 Å². The lowest BCUT2D eigenvalue weighted by molar-refractivity contribution is 0.596. The van der Waals surface area contributed by atoms with E-state index in [1.807, 2.05) is 38.1 Å². The Morgan fingerprint density at radius 1 is 1.10 bits per heavy atom. The highest BCUT2D eigenvalue weighted by atomic mass is 19.1. The van der Waals surface area contributed by atoms with E-state index in [4.69, 9.17) is 5.73 Å². The number of rotatable bonds is 2. The molecule has 0 bridgehead atoms. The van der Waals surface area contributed by atoms with Crippen LogP contribution in [0.15, 0.2) is 42.7 Å². The maximum absolute atomic E-state index is 14.3. The molecule has 3 rings (SSSR count). The van der Waals surface area contributed by atoms with Gasteiger partial charge in [-0.3, -0.25) is 9.97 Å². The van der Waals surface area contributed by atoms with E-state index >= 15 is 0 Å². The van der Waals surface area contributed by atoms with Gasteiger partial charge in [-0.1, -0.05) is 18.2 Å². The third-order valence-electron chi connectivity index (χ3n) is 3.66. The van der Waals surface area contributed by atoms with Crippen LogP contribution in [0.2, 0.25) is 0 Å². The summed E-state index contributed by atoms with van der Waals surface area (Å²) in [5.41, 5.74) is 10.8. The van der Waals surface area contributed by atoms with Crippen LogP contribution in [0.4, 0.5) is 4.39 Å². The quantitative estimate of drug-likeness (QED) is 0.783. The molecule has 3 nitrogen and oxygen atoms in total. The fourth-order valence-corrected chi connectivity index (χ4v) is 2.74. The fraction of sp³-hybridized carbons (Fsp3) is 0.176. The van der Waals surface area contributed by atoms with Gasteiger partial charge >= 0.3 is 0 Å². The highest BCUT2D eigenvalue weighted by Gasteiger charge is 2.19. The molecule has 0 fully saturated rings. The van der Waals surface area contributed by atoms with Gasteiger partial charge in [0.25, 0.3) is 0 Å². The van der Waals surface area contributed by atoms with Gasteiger partial charge in [-0.15, -0.1) is 0 Å². The summed E-state index contributed by atoms with van der Waals surface area (Å²) >= 11 is 0. The van der Waals surface area contributed by atoms with Crippen LogP contribution in [0.25, 0.3) is 11.0 Å². The summed E-state index contributed by atoms with van der Waals surface area (Å²) in [6, 6.07) is 8.50. The molecule has 3 aromatic rings.